The summed E-state index contributed by atoms with van der Waals surface area (Å²) in [4.78, 5) is 14.7. The Hall–Kier alpha value is -2.12. The lowest BCUT2D eigenvalue weighted by Crippen LogP contribution is -2.46. The number of carbonyl (C=O) groups excluding carboxylic acids is 1. The van der Waals surface area contributed by atoms with E-state index in [-0.39, 0.29) is 24.0 Å². The molecule has 1 heterocycles. The van der Waals surface area contributed by atoms with Gasteiger partial charge >= 0.3 is 0 Å². The van der Waals surface area contributed by atoms with Crippen molar-refractivity contribution in [3.8, 4) is 5.75 Å². The monoisotopic (exact) mass is 439 g/mol. The van der Waals surface area contributed by atoms with E-state index in [1.54, 1.807) is 37.3 Å². The molecule has 2 atom stereocenters. The summed E-state index contributed by atoms with van der Waals surface area (Å²) >= 11 is 6.03. The van der Waals surface area contributed by atoms with Crippen LogP contribution in [-0.2, 0) is 21.2 Å². The zero-order chi connectivity index (χ0) is 21.2. The van der Waals surface area contributed by atoms with Crippen molar-refractivity contribution in [2.24, 2.45) is 0 Å². The molecule has 0 saturated carbocycles. The maximum absolute atomic E-state index is 13.6. The van der Waals surface area contributed by atoms with Gasteiger partial charge in [-0.15, -0.1) is 0 Å². The summed E-state index contributed by atoms with van der Waals surface area (Å²) in [7, 11) is -3.19. The van der Waals surface area contributed by atoms with Crippen molar-refractivity contribution in [1.82, 2.24) is 4.90 Å². The van der Waals surface area contributed by atoms with Crippen molar-refractivity contribution in [2.45, 2.75) is 39.0 Å². The highest BCUT2D eigenvalue weighted by Crippen LogP contribution is 2.25. The highest BCUT2D eigenvalue weighted by atomic mass is 35.5. The Morgan fingerprint density at radius 3 is 2.69 bits per heavy atom. The van der Waals surface area contributed by atoms with Crippen molar-refractivity contribution in [1.29, 1.82) is 0 Å². The van der Waals surface area contributed by atoms with E-state index in [0.717, 1.165) is 5.56 Å². The fourth-order valence-corrected chi connectivity index (χ4v) is 5.27. The first-order valence-corrected chi connectivity index (χ1v) is 11.5. The van der Waals surface area contributed by atoms with Crippen LogP contribution >= 0.6 is 11.6 Å². The van der Waals surface area contributed by atoms with Crippen LogP contribution in [0.1, 0.15) is 24.5 Å². The second-order valence-electron chi connectivity index (χ2n) is 7.32. The number of aryl methyl sites for hydroxylation is 1. The summed E-state index contributed by atoms with van der Waals surface area (Å²) in [6.45, 7) is 3.57. The van der Waals surface area contributed by atoms with Gasteiger partial charge in [0.15, 0.2) is 15.9 Å². The summed E-state index contributed by atoms with van der Waals surface area (Å²) in [6, 6.07) is 10.6. The van der Waals surface area contributed by atoms with Gasteiger partial charge in [0.2, 0.25) is 0 Å². The summed E-state index contributed by atoms with van der Waals surface area (Å²) in [5.74, 6) is -0.312. The van der Waals surface area contributed by atoms with Gasteiger partial charge < -0.3 is 9.64 Å². The standard InChI is InChI=1S/C21H23ClFNO4S/c1-14-10-19(6-7-20(14)22)28-15(2)21(25)24(18-8-9-29(26,27)13-18)12-16-4-3-5-17(23)11-16/h3-7,10-11,15,18H,8-9,12-13H2,1-2H3/t15-,18+/m1/s1. The minimum atomic E-state index is -3.19. The van der Waals surface area contributed by atoms with Gasteiger partial charge in [-0.25, -0.2) is 12.8 Å². The minimum Gasteiger partial charge on any atom is -0.481 e. The van der Waals surface area contributed by atoms with Gasteiger partial charge in [-0.3, -0.25) is 4.79 Å². The van der Waals surface area contributed by atoms with Crippen LogP contribution in [0.4, 0.5) is 4.39 Å². The number of carbonyl (C=O) groups is 1. The second-order valence-corrected chi connectivity index (χ2v) is 9.96. The number of rotatable bonds is 6. The largest absolute Gasteiger partial charge is 0.481 e. The van der Waals surface area contributed by atoms with Crippen LogP contribution < -0.4 is 4.74 Å². The molecule has 2 aromatic rings. The van der Waals surface area contributed by atoms with Crippen molar-refractivity contribution >= 4 is 27.3 Å². The number of amides is 1. The van der Waals surface area contributed by atoms with E-state index in [2.05, 4.69) is 0 Å². The lowest BCUT2D eigenvalue weighted by molar-refractivity contribution is -0.140. The molecule has 0 aliphatic carbocycles. The summed E-state index contributed by atoms with van der Waals surface area (Å²) < 4.78 is 43.3. The first-order chi connectivity index (χ1) is 13.6. The average Bonchev–Trinajstić information content (AvgIpc) is 3.02. The zero-order valence-electron chi connectivity index (χ0n) is 16.3. The van der Waals surface area contributed by atoms with Gasteiger partial charge in [0.1, 0.15) is 11.6 Å². The van der Waals surface area contributed by atoms with Crippen molar-refractivity contribution in [2.75, 3.05) is 11.5 Å². The van der Waals surface area contributed by atoms with Gasteiger partial charge in [0.25, 0.3) is 5.91 Å². The topological polar surface area (TPSA) is 63.7 Å². The molecule has 1 fully saturated rings. The maximum Gasteiger partial charge on any atom is 0.263 e. The SMILES string of the molecule is Cc1cc(O[C@H](C)C(=O)N(Cc2cccc(F)c2)[C@H]2CCS(=O)(=O)C2)ccc1Cl. The van der Waals surface area contributed by atoms with E-state index < -0.39 is 27.8 Å². The molecule has 1 aliphatic rings. The van der Waals surface area contributed by atoms with Crippen LogP contribution in [0.3, 0.4) is 0 Å². The molecule has 0 N–H and O–H groups in total. The third-order valence-electron chi connectivity index (χ3n) is 4.96. The second kappa shape index (κ2) is 8.71. The van der Waals surface area contributed by atoms with E-state index in [4.69, 9.17) is 16.3 Å². The number of halogens is 2. The molecule has 3 rings (SSSR count). The molecule has 8 heteroatoms. The summed E-state index contributed by atoms with van der Waals surface area (Å²) in [5, 5.41) is 0.597. The van der Waals surface area contributed by atoms with Gasteiger partial charge in [-0.1, -0.05) is 23.7 Å². The van der Waals surface area contributed by atoms with Gasteiger partial charge in [0.05, 0.1) is 11.5 Å². The highest BCUT2D eigenvalue weighted by Gasteiger charge is 2.36. The van der Waals surface area contributed by atoms with Crippen molar-refractivity contribution < 1.29 is 22.3 Å². The molecule has 0 unspecified atom stereocenters. The fourth-order valence-electron chi connectivity index (χ4n) is 3.42. The molecular weight excluding hydrogens is 417 g/mol. The predicted octanol–water partition coefficient (Wildman–Crippen LogP) is 3.77. The summed E-state index contributed by atoms with van der Waals surface area (Å²) in [5.41, 5.74) is 1.42. The first-order valence-electron chi connectivity index (χ1n) is 9.33. The molecule has 1 amide bonds. The normalized spacial score (nSPS) is 19.0. The Balaban J connectivity index is 1.81. The first kappa shape index (κ1) is 21.6. The Labute approximate surface area is 175 Å². The zero-order valence-corrected chi connectivity index (χ0v) is 17.8. The maximum atomic E-state index is 13.6. The molecule has 156 valence electrons. The molecule has 29 heavy (non-hydrogen) atoms. The molecule has 0 aromatic heterocycles. The number of hydrogen-bond acceptors (Lipinski definition) is 4. The molecule has 2 aromatic carbocycles. The average molecular weight is 440 g/mol. The highest BCUT2D eigenvalue weighted by molar-refractivity contribution is 7.91. The molecule has 5 nitrogen and oxygen atoms in total. The molecule has 0 radical (unpaired) electrons. The van der Waals surface area contributed by atoms with Gasteiger partial charge in [0, 0.05) is 17.6 Å². The van der Waals surface area contributed by atoms with E-state index in [0.29, 0.717) is 22.8 Å². The smallest absolute Gasteiger partial charge is 0.263 e. The van der Waals surface area contributed by atoms with Crippen LogP contribution in [-0.4, -0.2) is 42.9 Å². The molecule has 0 spiro atoms. The lowest BCUT2D eigenvalue weighted by atomic mass is 10.1. The molecule has 0 bridgehead atoms. The van der Waals surface area contributed by atoms with Crippen LogP contribution in [0.5, 0.6) is 5.75 Å². The van der Waals surface area contributed by atoms with E-state index >= 15 is 0 Å². The number of hydrogen-bond donors (Lipinski definition) is 0. The van der Waals surface area contributed by atoms with Crippen LogP contribution in [0.2, 0.25) is 5.02 Å². The minimum absolute atomic E-state index is 0.0379. The Kier molecular flexibility index (Phi) is 6.49. The molecular formula is C21H23ClFNO4S. The third kappa shape index (κ3) is 5.48. The number of sulfone groups is 1. The predicted molar refractivity (Wildman–Crippen MR) is 110 cm³/mol. The van der Waals surface area contributed by atoms with E-state index in [1.165, 1.54) is 17.0 Å². The summed E-state index contributed by atoms with van der Waals surface area (Å²) in [6.07, 6.45) is -0.483. The Bertz CT molecular complexity index is 1010. The van der Waals surface area contributed by atoms with Crippen molar-refractivity contribution in [3.63, 3.8) is 0 Å². The van der Waals surface area contributed by atoms with Crippen LogP contribution in [0.15, 0.2) is 42.5 Å². The molecule has 1 saturated heterocycles. The van der Waals surface area contributed by atoms with E-state index in [9.17, 15) is 17.6 Å². The lowest BCUT2D eigenvalue weighted by Gasteiger charge is -2.31. The number of benzene rings is 2. The number of nitrogens with zero attached hydrogens (tertiary/aromatic N) is 1. The van der Waals surface area contributed by atoms with Crippen molar-refractivity contribution in [3.05, 3.63) is 64.4 Å². The van der Waals surface area contributed by atoms with Gasteiger partial charge in [-0.05, 0) is 61.7 Å². The van der Waals surface area contributed by atoms with Crippen LogP contribution in [0.25, 0.3) is 0 Å². The Morgan fingerprint density at radius 1 is 1.31 bits per heavy atom. The quantitative estimate of drug-likeness (QED) is 0.687. The van der Waals surface area contributed by atoms with Crippen LogP contribution in [0, 0.1) is 12.7 Å². The van der Waals surface area contributed by atoms with Gasteiger partial charge in [-0.2, -0.15) is 0 Å². The third-order valence-corrected chi connectivity index (χ3v) is 7.14. The molecule has 1 aliphatic heterocycles. The fraction of sp³-hybridized carbons (Fsp3) is 0.381. The Morgan fingerprint density at radius 2 is 2.07 bits per heavy atom. The van der Waals surface area contributed by atoms with E-state index in [1.807, 2.05) is 6.92 Å². The number of ether oxygens (including phenoxy) is 1.